The standard InChI is InChI=1S/C27H21FN2O4/c1-33-25-14-18(12-13-24(25)34-27(32)21-9-5-10-22(28)15-21)17-29-30-26(31)16-20-8-4-7-19-6-2-3-11-23(19)20/h2-15,17H,16H2,1H3,(H,30,31)/b29-17+. The Morgan fingerprint density at radius 2 is 1.74 bits per heavy atom. The number of hydrogen-bond acceptors (Lipinski definition) is 5. The number of esters is 1. The number of methoxy groups -OCH3 is 1. The first-order valence-electron chi connectivity index (χ1n) is 10.5. The molecule has 0 fully saturated rings. The van der Waals surface area contributed by atoms with Crippen LogP contribution in [-0.4, -0.2) is 25.2 Å². The SMILES string of the molecule is COc1cc(/C=N/NC(=O)Cc2cccc3ccccc23)ccc1OC(=O)c1cccc(F)c1. The zero-order chi connectivity index (χ0) is 23.9. The van der Waals surface area contributed by atoms with Crippen LogP contribution in [0.15, 0.2) is 90.0 Å². The average Bonchev–Trinajstić information content (AvgIpc) is 2.85. The molecule has 0 aliphatic heterocycles. The molecule has 6 nitrogen and oxygen atoms in total. The lowest BCUT2D eigenvalue weighted by molar-refractivity contribution is -0.120. The third-order valence-electron chi connectivity index (χ3n) is 5.08. The lowest BCUT2D eigenvalue weighted by Gasteiger charge is -2.10. The van der Waals surface area contributed by atoms with E-state index < -0.39 is 11.8 Å². The largest absolute Gasteiger partial charge is 0.493 e. The Hall–Kier alpha value is -4.52. The van der Waals surface area contributed by atoms with Crippen molar-refractivity contribution in [3.63, 3.8) is 0 Å². The third kappa shape index (κ3) is 5.45. The average molecular weight is 456 g/mol. The van der Waals surface area contributed by atoms with E-state index in [0.717, 1.165) is 22.4 Å². The van der Waals surface area contributed by atoms with E-state index in [9.17, 15) is 14.0 Å². The number of hydrazone groups is 1. The van der Waals surface area contributed by atoms with Gasteiger partial charge in [0.2, 0.25) is 5.91 Å². The molecule has 4 aromatic carbocycles. The number of rotatable bonds is 7. The normalized spacial score (nSPS) is 10.9. The molecular weight excluding hydrogens is 435 g/mol. The lowest BCUT2D eigenvalue weighted by Crippen LogP contribution is -2.19. The van der Waals surface area contributed by atoms with Crippen molar-refractivity contribution in [3.8, 4) is 11.5 Å². The molecule has 0 unspecified atom stereocenters. The number of carbonyl (C=O) groups excluding carboxylic acids is 2. The number of halogens is 1. The van der Waals surface area contributed by atoms with E-state index in [2.05, 4.69) is 10.5 Å². The van der Waals surface area contributed by atoms with Crippen molar-refractivity contribution in [1.82, 2.24) is 5.43 Å². The van der Waals surface area contributed by atoms with Crippen LogP contribution in [0.4, 0.5) is 4.39 Å². The number of nitrogens with one attached hydrogen (secondary N) is 1. The van der Waals surface area contributed by atoms with Crippen molar-refractivity contribution < 1.29 is 23.5 Å². The lowest BCUT2D eigenvalue weighted by atomic mass is 10.0. The van der Waals surface area contributed by atoms with Crippen LogP contribution in [0.3, 0.4) is 0 Å². The van der Waals surface area contributed by atoms with Crippen LogP contribution in [0.25, 0.3) is 10.8 Å². The quantitative estimate of drug-likeness (QED) is 0.186. The third-order valence-corrected chi connectivity index (χ3v) is 5.08. The Bertz CT molecular complexity index is 1380. The summed E-state index contributed by atoms with van der Waals surface area (Å²) in [5.74, 6) is -1.03. The van der Waals surface area contributed by atoms with Crippen molar-refractivity contribution in [3.05, 3.63) is 107 Å². The van der Waals surface area contributed by atoms with Gasteiger partial charge >= 0.3 is 5.97 Å². The minimum Gasteiger partial charge on any atom is -0.493 e. The molecule has 0 spiro atoms. The van der Waals surface area contributed by atoms with Gasteiger partial charge in [-0.2, -0.15) is 5.10 Å². The molecule has 0 bridgehead atoms. The molecule has 34 heavy (non-hydrogen) atoms. The summed E-state index contributed by atoms with van der Waals surface area (Å²) in [6, 6.07) is 23.7. The fourth-order valence-electron chi connectivity index (χ4n) is 3.46. The van der Waals surface area contributed by atoms with E-state index >= 15 is 0 Å². The second-order valence-electron chi connectivity index (χ2n) is 7.42. The fourth-order valence-corrected chi connectivity index (χ4v) is 3.46. The van der Waals surface area contributed by atoms with Gasteiger partial charge in [0.1, 0.15) is 5.82 Å². The Labute approximate surface area is 195 Å². The minimum atomic E-state index is -0.708. The Morgan fingerprint density at radius 3 is 2.56 bits per heavy atom. The predicted molar refractivity (Wildman–Crippen MR) is 128 cm³/mol. The molecule has 0 heterocycles. The summed E-state index contributed by atoms with van der Waals surface area (Å²) in [5.41, 5.74) is 4.14. The molecule has 0 aliphatic carbocycles. The first-order chi connectivity index (χ1) is 16.5. The Morgan fingerprint density at radius 1 is 0.941 bits per heavy atom. The van der Waals surface area contributed by atoms with Crippen molar-refractivity contribution in [2.45, 2.75) is 6.42 Å². The van der Waals surface area contributed by atoms with E-state index in [-0.39, 0.29) is 29.4 Å². The van der Waals surface area contributed by atoms with Gasteiger partial charge in [0.15, 0.2) is 11.5 Å². The van der Waals surface area contributed by atoms with Crippen LogP contribution in [0.2, 0.25) is 0 Å². The summed E-state index contributed by atoms with van der Waals surface area (Å²) in [6.07, 6.45) is 1.65. The maximum absolute atomic E-state index is 13.4. The maximum atomic E-state index is 13.4. The summed E-state index contributed by atoms with van der Waals surface area (Å²) < 4.78 is 24.0. The van der Waals surface area contributed by atoms with Crippen molar-refractivity contribution in [2.24, 2.45) is 5.10 Å². The Balaban J connectivity index is 1.40. The number of ether oxygens (including phenoxy) is 2. The zero-order valence-corrected chi connectivity index (χ0v) is 18.3. The highest BCUT2D eigenvalue weighted by Gasteiger charge is 2.13. The highest BCUT2D eigenvalue weighted by atomic mass is 19.1. The number of amides is 1. The van der Waals surface area contributed by atoms with Crippen molar-refractivity contribution in [2.75, 3.05) is 7.11 Å². The van der Waals surface area contributed by atoms with Gasteiger partial charge in [0.25, 0.3) is 0 Å². The van der Waals surface area contributed by atoms with Gasteiger partial charge in [0.05, 0.1) is 25.3 Å². The van der Waals surface area contributed by atoms with E-state index in [1.54, 1.807) is 12.1 Å². The van der Waals surface area contributed by atoms with Crippen LogP contribution >= 0.6 is 0 Å². The van der Waals surface area contributed by atoms with Gasteiger partial charge in [-0.05, 0) is 58.3 Å². The molecule has 7 heteroatoms. The van der Waals surface area contributed by atoms with Gasteiger partial charge in [-0.25, -0.2) is 14.6 Å². The highest BCUT2D eigenvalue weighted by Crippen LogP contribution is 2.28. The molecule has 0 aromatic heterocycles. The second-order valence-corrected chi connectivity index (χ2v) is 7.42. The van der Waals surface area contributed by atoms with Crippen LogP contribution < -0.4 is 14.9 Å². The summed E-state index contributed by atoms with van der Waals surface area (Å²) in [7, 11) is 1.43. The van der Waals surface area contributed by atoms with Crippen LogP contribution in [-0.2, 0) is 11.2 Å². The topological polar surface area (TPSA) is 77.0 Å². The van der Waals surface area contributed by atoms with Gasteiger partial charge in [-0.1, -0.05) is 48.5 Å². The zero-order valence-electron chi connectivity index (χ0n) is 18.3. The molecule has 0 saturated carbocycles. The summed E-state index contributed by atoms with van der Waals surface area (Å²) >= 11 is 0. The fraction of sp³-hybridized carbons (Fsp3) is 0.0741. The summed E-state index contributed by atoms with van der Waals surface area (Å²) in [5, 5.41) is 6.11. The second kappa shape index (κ2) is 10.4. The smallest absolute Gasteiger partial charge is 0.343 e. The molecule has 1 amide bonds. The number of hydrogen-bond donors (Lipinski definition) is 1. The van der Waals surface area contributed by atoms with Crippen molar-refractivity contribution >= 4 is 28.9 Å². The molecule has 0 atom stereocenters. The molecule has 1 N–H and O–H groups in total. The van der Waals surface area contributed by atoms with Gasteiger partial charge < -0.3 is 9.47 Å². The number of nitrogens with zero attached hydrogens (tertiary/aromatic N) is 1. The van der Waals surface area contributed by atoms with E-state index in [4.69, 9.17) is 9.47 Å². The van der Waals surface area contributed by atoms with Crippen LogP contribution in [0.1, 0.15) is 21.5 Å². The first-order valence-corrected chi connectivity index (χ1v) is 10.5. The van der Waals surface area contributed by atoms with E-state index in [1.165, 1.54) is 37.6 Å². The van der Waals surface area contributed by atoms with Gasteiger partial charge in [0, 0.05) is 0 Å². The van der Waals surface area contributed by atoms with Crippen LogP contribution in [0.5, 0.6) is 11.5 Å². The molecular formula is C27H21FN2O4. The summed E-state index contributed by atoms with van der Waals surface area (Å²) in [6.45, 7) is 0. The van der Waals surface area contributed by atoms with E-state index in [1.807, 2.05) is 42.5 Å². The monoisotopic (exact) mass is 456 g/mol. The molecule has 170 valence electrons. The minimum absolute atomic E-state index is 0.0848. The molecule has 4 aromatic rings. The van der Waals surface area contributed by atoms with Crippen molar-refractivity contribution in [1.29, 1.82) is 0 Å². The first kappa shape index (κ1) is 22.7. The van der Waals surface area contributed by atoms with Gasteiger partial charge in [-0.3, -0.25) is 4.79 Å². The highest BCUT2D eigenvalue weighted by molar-refractivity contribution is 5.92. The van der Waals surface area contributed by atoms with E-state index in [0.29, 0.717) is 5.56 Å². The number of fused-ring (bicyclic) bond motifs is 1. The Kier molecular flexibility index (Phi) is 6.93. The number of carbonyl (C=O) groups is 2. The predicted octanol–water partition coefficient (Wildman–Crippen LogP) is 4.90. The summed E-state index contributed by atoms with van der Waals surface area (Å²) in [4.78, 5) is 24.6. The number of benzene rings is 4. The van der Waals surface area contributed by atoms with Crippen LogP contribution in [0, 0.1) is 5.82 Å². The molecule has 0 aliphatic rings. The molecule has 0 saturated heterocycles. The molecule has 4 rings (SSSR count). The maximum Gasteiger partial charge on any atom is 0.343 e. The van der Waals surface area contributed by atoms with Gasteiger partial charge in [-0.15, -0.1) is 0 Å². The molecule has 0 radical (unpaired) electrons.